The summed E-state index contributed by atoms with van der Waals surface area (Å²) < 4.78 is 1.07. The van der Waals surface area contributed by atoms with Gasteiger partial charge >= 0.3 is 0 Å². The van der Waals surface area contributed by atoms with Crippen LogP contribution in [0.5, 0.6) is 0 Å². The number of carbonyl (C=O) groups is 1. The molecule has 1 N–H and O–H groups in total. The molecule has 1 amide bonds. The van der Waals surface area contributed by atoms with E-state index in [0.29, 0.717) is 10.6 Å². The van der Waals surface area contributed by atoms with Gasteiger partial charge in [0.15, 0.2) is 0 Å². The summed E-state index contributed by atoms with van der Waals surface area (Å²) in [6, 6.07) is 10.7. The monoisotopic (exact) mass is 337 g/mol. The standard InChI is InChI=1S/C15H13BrClNO/c1-9-7-13(8-10(2)14(9)16)18-15(19)11-3-5-12(17)6-4-11/h3-8H,1-2H3,(H,18,19). The van der Waals surface area contributed by atoms with Gasteiger partial charge in [-0.3, -0.25) is 4.79 Å². The molecule has 0 spiro atoms. The van der Waals surface area contributed by atoms with E-state index in [9.17, 15) is 4.79 Å². The SMILES string of the molecule is Cc1cc(NC(=O)c2ccc(Cl)cc2)cc(C)c1Br. The lowest BCUT2D eigenvalue weighted by atomic mass is 10.1. The predicted octanol–water partition coefficient (Wildman–Crippen LogP) is 4.97. The Bertz CT molecular complexity index is 600. The van der Waals surface area contributed by atoms with Crippen LogP contribution in [0.1, 0.15) is 21.5 Å². The van der Waals surface area contributed by atoms with E-state index in [4.69, 9.17) is 11.6 Å². The molecule has 0 radical (unpaired) electrons. The summed E-state index contributed by atoms with van der Waals surface area (Å²) in [7, 11) is 0. The maximum Gasteiger partial charge on any atom is 0.255 e. The minimum absolute atomic E-state index is 0.141. The summed E-state index contributed by atoms with van der Waals surface area (Å²) in [5.74, 6) is -0.141. The van der Waals surface area contributed by atoms with E-state index in [1.54, 1.807) is 24.3 Å². The fraction of sp³-hybridized carbons (Fsp3) is 0.133. The molecule has 0 atom stereocenters. The molecule has 2 rings (SSSR count). The maximum absolute atomic E-state index is 12.1. The van der Waals surface area contributed by atoms with Gasteiger partial charge in [-0.1, -0.05) is 27.5 Å². The second-order valence-electron chi connectivity index (χ2n) is 4.39. The normalized spacial score (nSPS) is 10.3. The lowest BCUT2D eigenvalue weighted by molar-refractivity contribution is 0.102. The number of aryl methyl sites for hydroxylation is 2. The van der Waals surface area contributed by atoms with E-state index in [2.05, 4.69) is 21.2 Å². The fourth-order valence-electron chi connectivity index (χ4n) is 1.82. The molecule has 0 unspecified atom stereocenters. The molecule has 2 aromatic rings. The third-order valence-corrected chi connectivity index (χ3v) is 4.30. The van der Waals surface area contributed by atoms with Gasteiger partial charge in [0.25, 0.3) is 5.91 Å². The van der Waals surface area contributed by atoms with Crippen molar-refractivity contribution in [2.45, 2.75) is 13.8 Å². The zero-order valence-electron chi connectivity index (χ0n) is 10.6. The first-order chi connectivity index (χ1) is 8.97. The molecule has 0 aromatic heterocycles. The molecule has 98 valence electrons. The Morgan fingerprint density at radius 2 is 1.63 bits per heavy atom. The number of carbonyl (C=O) groups excluding carboxylic acids is 1. The van der Waals surface area contributed by atoms with E-state index >= 15 is 0 Å². The quantitative estimate of drug-likeness (QED) is 0.823. The lowest BCUT2D eigenvalue weighted by Gasteiger charge is -2.09. The second-order valence-corrected chi connectivity index (χ2v) is 5.61. The first kappa shape index (κ1) is 14.1. The number of hydrogen-bond acceptors (Lipinski definition) is 1. The minimum Gasteiger partial charge on any atom is -0.322 e. The lowest BCUT2D eigenvalue weighted by Crippen LogP contribution is -2.12. The summed E-state index contributed by atoms with van der Waals surface area (Å²) in [6.45, 7) is 3.99. The third-order valence-electron chi connectivity index (χ3n) is 2.80. The van der Waals surface area contributed by atoms with Crippen molar-refractivity contribution in [3.05, 3.63) is 62.6 Å². The molecule has 4 heteroatoms. The van der Waals surface area contributed by atoms with Gasteiger partial charge in [-0.25, -0.2) is 0 Å². The molecule has 2 aromatic carbocycles. The van der Waals surface area contributed by atoms with Crippen molar-refractivity contribution in [1.82, 2.24) is 0 Å². The Labute approximate surface area is 125 Å². The second kappa shape index (κ2) is 5.76. The van der Waals surface area contributed by atoms with Crippen molar-refractivity contribution >= 4 is 39.1 Å². The highest BCUT2D eigenvalue weighted by molar-refractivity contribution is 9.10. The first-order valence-electron chi connectivity index (χ1n) is 5.81. The molecule has 19 heavy (non-hydrogen) atoms. The molecule has 0 saturated heterocycles. The van der Waals surface area contributed by atoms with E-state index < -0.39 is 0 Å². The van der Waals surface area contributed by atoms with Gasteiger partial charge < -0.3 is 5.32 Å². The van der Waals surface area contributed by atoms with Crippen LogP contribution in [-0.4, -0.2) is 5.91 Å². The smallest absolute Gasteiger partial charge is 0.255 e. The van der Waals surface area contributed by atoms with Gasteiger partial charge in [0, 0.05) is 20.7 Å². The number of halogens is 2. The predicted molar refractivity (Wildman–Crippen MR) is 83.0 cm³/mol. The summed E-state index contributed by atoms with van der Waals surface area (Å²) in [4.78, 5) is 12.1. The zero-order chi connectivity index (χ0) is 14.0. The number of amides is 1. The van der Waals surface area contributed by atoms with Crippen molar-refractivity contribution in [1.29, 1.82) is 0 Å². The Hall–Kier alpha value is -1.32. The Morgan fingerprint density at radius 3 is 2.16 bits per heavy atom. The molecular weight excluding hydrogens is 326 g/mol. The van der Waals surface area contributed by atoms with Crippen LogP contribution < -0.4 is 5.32 Å². The Morgan fingerprint density at radius 1 is 1.11 bits per heavy atom. The highest BCUT2D eigenvalue weighted by Gasteiger charge is 2.08. The van der Waals surface area contributed by atoms with Crippen molar-refractivity contribution in [3.63, 3.8) is 0 Å². The maximum atomic E-state index is 12.1. The van der Waals surface area contributed by atoms with E-state index in [-0.39, 0.29) is 5.91 Å². The highest BCUT2D eigenvalue weighted by atomic mass is 79.9. The highest BCUT2D eigenvalue weighted by Crippen LogP contribution is 2.25. The van der Waals surface area contributed by atoms with Crippen LogP contribution in [0, 0.1) is 13.8 Å². The summed E-state index contributed by atoms with van der Waals surface area (Å²) in [5, 5.41) is 3.50. The Kier molecular flexibility index (Phi) is 4.27. The van der Waals surface area contributed by atoms with Gasteiger partial charge in [0.05, 0.1) is 0 Å². The van der Waals surface area contributed by atoms with E-state index in [1.807, 2.05) is 26.0 Å². The number of benzene rings is 2. The van der Waals surface area contributed by atoms with Crippen molar-refractivity contribution in [2.75, 3.05) is 5.32 Å². The topological polar surface area (TPSA) is 29.1 Å². The van der Waals surface area contributed by atoms with Gasteiger partial charge in [-0.2, -0.15) is 0 Å². The zero-order valence-corrected chi connectivity index (χ0v) is 13.0. The van der Waals surface area contributed by atoms with Crippen LogP contribution in [0.3, 0.4) is 0 Å². The van der Waals surface area contributed by atoms with Gasteiger partial charge in [-0.15, -0.1) is 0 Å². The average Bonchev–Trinajstić information content (AvgIpc) is 2.36. The number of nitrogens with one attached hydrogen (secondary N) is 1. The van der Waals surface area contributed by atoms with Crippen LogP contribution in [0.25, 0.3) is 0 Å². The Balaban J connectivity index is 2.22. The van der Waals surface area contributed by atoms with Crippen LogP contribution in [0.4, 0.5) is 5.69 Å². The van der Waals surface area contributed by atoms with Gasteiger partial charge in [0.1, 0.15) is 0 Å². The van der Waals surface area contributed by atoms with Crippen LogP contribution in [0.15, 0.2) is 40.9 Å². The molecule has 0 aliphatic rings. The van der Waals surface area contributed by atoms with Crippen molar-refractivity contribution < 1.29 is 4.79 Å². The molecule has 0 bridgehead atoms. The minimum atomic E-state index is -0.141. The third kappa shape index (κ3) is 3.37. The molecule has 2 nitrogen and oxygen atoms in total. The number of rotatable bonds is 2. The summed E-state index contributed by atoms with van der Waals surface area (Å²) in [5.41, 5.74) is 3.55. The van der Waals surface area contributed by atoms with Crippen LogP contribution in [0.2, 0.25) is 5.02 Å². The summed E-state index contributed by atoms with van der Waals surface area (Å²) in [6.07, 6.45) is 0. The molecular formula is C15H13BrClNO. The fourth-order valence-corrected chi connectivity index (χ4v) is 2.18. The van der Waals surface area contributed by atoms with Gasteiger partial charge in [0.2, 0.25) is 0 Å². The molecule has 0 aliphatic carbocycles. The molecule has 0 fully saturated rings. The first-order valence-corrected chi connectivity index (χ1v) is 6.98. The van der Waals surface area contributed by atoms with E-state index in [0.717, 1.165) is 21.3 Å². The van der Waals surface area contributed by atoms with Crippen LogP contribution in [-0.2, 0) is 0 Å². The average molecular weight is 339 g/mol. The van der Waals surface area contributed by atoms with E-state index in [1.165, 1.54) is 0 Å². The largest absolute Gasteiger partial charge is 0.322 e. The number of anilines is 1. The molecule has 0 heterocycles. The molecule has 0 aliphatic heterocycles. The molecule has 0 saturated carbocycles. The van der Waals surface area contributed by atoms with Crippen molar-refractivity contribution in [3.8, 4) is 0 Å². The van der Waals surface area contributed by atoms with Gasteiger partial charge in [-0.05, 0) is 61.4 Å². The van der Waals surface area contributed by atoms with Crippen molar-refractivity contribution in [2.24, 2.45) is 0 Å². The summed E-state index contributed by atoms with van der Waals surface area (Å²) >= 11 is 9.30. The number of hydrogen-bond donors (Lipinski definition) is 1. The van der Waals surface area contributed by atoms with Crippen LogP contribution >= 0.6 is 27.5 Å².